The Kier molecular flexibility index (Phi) is 8.35. The number of hydrogen-bond donors (Lipinski definition) is 2. The van der Waals surface area contributed by atoms with Crippen LogP contribution >= 0.6 is 11.6 Å². The molecule has 0 bridgehead atoms. The summed E-state index contributed by atoms with van der Waals surface area (Å²) >= 11 is 6.09. The molecule has 38 heavy (non-hydrogen) atoms. The van der Waals surface area contributed by atoms with Crippen molar-refractivity contribution in [2.75, 3.05) is 38.2 Å². The molecule has 1 aliphatic carbocycles. The van der Waals surface area contributed by atoms with Crippen LogP contribution in [0.5, 0.6) is 0 Å². The number of carbonyl (C=O) groups excluding carboxylic acids is 1. The molecule has 1 amide bonds. The van der Waals surface area contributed by atoms with Crippen molar-refractivity contribution < 1.29 is 22.3 Å². The maximum atomic E-state index is 15.0. The van der Waals surface area contributed by atoms with Crippen molar-refractivity contribution in [2.45, 2.75) is 61.7 Å². The fourth-order valence-corrected chi connectivity index (χ4v) is 7.83. The van der Waals surface area contributed by atoms with Crippen LogP contribution in [0.1, 0.15) is 49.7 Å². The van der Waals surface area contributed by atoms with Crippen molar-refractivity contribution in [3.63, 3.8) is 0 Å². The van der Waals surface area contributed by atoms with E-state index in [2.05, 4.69) is 15.6 Å². The molecule has 1 saturated carbocycles. The summed E-state index contributed by atoms with van der Waals surface area (Å²) in [6, 6.07) is 7.30. The Morgan fingerprint density at radius 3 is 2.66 bits per heavy atom. The maximum Gasteiger partial charge on any atom is 0.225 e. The third-order valence-electron chi connectivity index (χ3n) is 7.98. The quantitative estimate of drug-likeness (QED) is 0.482. The molecule has 2 aliphatic heterocycles. The number of sulfonamides is 1. The van der Waals surface area contributed by atoms with E-state index in [0.29, 0.717) is 81.2 Å². The third-order valence-corrected chi connectivity index (χ3v) is 10.7. The van der Waals surface area contributed by atoms with Crippen LogP contribution in [0.2, 0.25) is 5.02 Å². The minimum absolute atomic E-state index is 0.216. The summed E-state index contributed by atoms with van der Waals surface area (Å²) in [7, 11) is -3.33. The van der Waals surface area contributed by atoms with E-state index in [9.17, 15) is 17.6 Å². The summed E-state index contributed by atoms with van der Waals surface area (Å²) in [6.45, 7) is 2.65. The van der Waals surface area contributed by atoms with Gasteiger partial charge in [-0.15, -0.1) is 0 Å². The summed E-state index contributed by atoms with van der Waals surface area (Å²) in [5.41, 5.74) is 1.29. The Morgan fingerprint density at radius 1 is 1.21 bits per heavy atom. The topological polar surface area (TPSA) is 101 Å². The van der Waals surface area contributed by atoms with E-state index in [-0.39, 0.29) is 30.0 Å². The lowest BCUT2D eigenvalue weighted by Crippen LogP contribution is -2.54. The van der Waals surface area contributed by atoms with Crippen LogP contribution in [0.15, 0.2) is 36.7 Å². The highest BCUT2D eigenvalue weighted by Crippen LogP contribution is 2.39. The van der Waals surface area contributed by atoms with Gasteiger partial charge in [0.25, 0.3) is 0 Å². The number of hydrogen-bond acceptors (Lipinski definition) is 6. The number of aromatic nitrogens is 1. The molecule has 2 N–H and O–H groups in total. The van der Waals surface area contributed by atoms with Crippen LogP contribution in [0.4, 0.5) is 10.1 Å². The van der Waals surface area contributed by atoms with E-state index < -0.39 is 21.3 Å². The minimum Gasteiger partial charge on any atom is -0.381 e. The second kappa shape index (κ2) is 11.6. The molecule has 1 aromatic carbocycles. The fourth-order valence-electron chi connectivity index (χ4n) is 5.65. The van der Waals surface area contributed by atoms with Gasteiger partial charge in [0.15, 0.2) is 0 Å². The summed E-state index contributed by atoms with van der Waals surface area (Å²) < 4.78 is 48.0. The Labute approximate surface area is 228 Å². The normalized spacial score (nSPS) is 22.2. The molecule has 0 radical (unpaired) electrons. The van der Waals surface area contributed by atoms with Crippen LogP contribution < -0.4 is 10.6 Å². The molecular formula is C27H34ClFN4O4S. The van der Waals surface area contributed by atoms with Crippen molar-refractivity contribution in [1.82, 2.24) is 14.6 Å². The highest BCUT2D eigenvalue weighted by Gasteiger charge is 2.43. The Hall–Kier alpha value is -2.11. The molecule has 1 aromatic heterocycles. The number of nitrogens with one attached hydrogen (secondary N) is 2. The number of halogens is 2. The molecule has 2 saturated heterocycles. The van der Waals surface area contributed by atoms with E-state index in [4.69, 9.17) is 16.3 Å². The van der Waals surface area contributed by atoms with Gasteiger partial charge in [0.2, 0.25) is 15.9 Å². The number of carbonyl (C=O) groups is 1. The molecule has 3 aliphatic rings. The molecule has 3 heterocycles. The van der Waals surface area contributed by atoms with Crippen molar-refractivity contribution in [2.24, 2.45) is 0 Å². The average Bonchev–Trinajstić information content (AvgIpc) is 3.76. The third kappa shape index (κ3) is 6.04. The van der Waals surface area contributed by atoms with Crippen LogP contribution in [0.3, 0.4) is 0 Å². The van der Waals surface area contributed by atoms with Gasteiger partial charge >= 0.3 is 0 Å². The Balaban J connectivity index is 1.30. The molecule has 206 valence electrons. The predicted octanol–water partition coefficient (Wildman–Crippen LogP) is 3.65. The first-order chi connectivity index (χ1) is 18.3. The van der Waals surface area contributed by atoms with Crippen molar-refractivity contribution in [3.05, 3.63) is 58.6 Å². The summed E-state index contributed by atoms with van der Waals surface area (Å²) in [4.78, 5) is 17.3. The van der Waals surface area contributed by atoms with E-state index in [1.54, 1.807) is 4.31 Å². The standard InChI is InChI=1S/C27H34ClFN4O4S/c28-20-3-1-19(2-4-20)27(9-13-37-14-10-27)15-26(34)32-25-18-31-17-24(29)23(25)8-5-21-16-30-11-12-33(21)38(35,36)22-6-7-22/h1-4,17-18,21-22,30H,5-16H2,(H,32,34)/t21-/m0/s1. The van der Waals surface area contributed by atoms with Crippen LogP contribution in [-0.4, -0.2) is 67.8 Å². The van der Waals surface area contributed by atoms with E-state index in [1.165, 1.54) is 6.20 Å². The largest absolute Gasteiger partial charge is 0.381 e. The minimum atomic E-state index is -3.33. The number of piperazine rings is 1. The van der Waals surface area contributed by atoms with Crippen LogP contribution in [-0.2, 0) is 31.4 Å². The second-order valence-electron chi connectivity index (χ2n) is 10.5. The van der Waals surface area contributed by atoms with Crippen molar-refractivity contribution in [1.29, 1.82) is 0 Å². The number of rotatable bonds is 9. The summed E-state index contributed by atoms with van der Waals surface area (Å²) in [5.74, 6) is -0.741. The van der Waals surface area contributed by atoms with Crippen molar-refractivity contribution in [3.8, 4) is 0 Å². The van der Waals surface area contributed by atoms with Gasteiger partial charge in [-0.2, -0.15) is 4.31 Å². The van der Waals surface area contributed by atoms with Crippen molar-refractivity contribution >= 4 is 33.2 Å². The van der Waals surface area contributed by atoms with E-state index in [1.807, 2.05) is 24.3 Å². The van der Waals surface area contributed by atoms with E-state index >= 15 is 0 Å². The molecule has 5 rings (SSSR count). The lowest BCUT2D eigenvalue weighted by molar-refractivity contribution is -0.118. The van der Waals surface area contributed by atoms with Crippen LogP contribution in [0.25, 0.3) is 0 Å². The molecule has 2 aromatic rings. The number of benzene rings is 1. The molecule has 0 unspecified atom stereocenters. The van der Waals surface area contributed by atoms with Gasteiger partial charge in [-0.25, -0.2) is 12.8 Å². The van der Waals surface area contributed by atoms with Gasteiger partial charge in [0.1, 0.15) is 5.82 Å². The van der Waals surface area contributed by atoms with Crippen LogP contribution in [0, 0.1) is 5.82 Å². The molecular weight excluding hydrogens is 531 g/mol. The number of nitrogens with zero attached hydrogens (tertiary/aromatic N) is 2. The Bertz CT molecular complexity index is 1250. The second-order valence-corrected chi connectivity index (χ2v) is 13.1. The Morgan fingerprint density at radius 2 is 1.95 bits per heavy atom. The molecule has 3 fully saturated rings. The number of anilines is 1. The smallest absolute Gasteiger partial charge is 0.225 e. The van der Waals surface area contributed by atoms with E-state index in [0.717, 1.165) is 11.8 Å². The van der Waals surface area contributed by atoms with Gasteiger partial charge in [-0.3, -0.25) is 9.78 Å². The summed E-state index contributed by atoms with van der Waals surface area (Å²) in [6.07, 6.45) is 6.33. The summed E-state index contributed by atoms with van der Waals surface area (Å²) in [5, 5.41) is 6.52. The van der Waals surface area contributed by atoms with Gasteiger partial charge in [-0.1, -0.05) is 23.7 Å². The molecule has 11 heteroatoms. The SMILES string of the molecule is O=C(CC1(c2ccc(Cl)cc2)CCOCC1)Nc1cncc(F)c1CC[C@H]1CNCCN1S(=O)(=O)C1CC1. The lowest BCUT2D eigenvalue weighted by atomic mass is 9.71. The fraction of sp³-hybridized carbons (Fsp3) is 0.556. The van der Waals surface area contributed by atoms with Gasteiger partial charge in [0, 0.05) is 61.3 Å². The number of ether oxygens (including phenoxy) is 1. The molecule has 0 spiro atoms. The monoisotopic (exact) mass is 564 g/mol. The van der Waals surface area contributed by atoms with Gasteiger partial charge in [0.05, 0.1) is 23.3 Å². The maximum absolute atomic E-state index is 15.0. The highest BCUT2D eigenvalue weighted by molar-refractivity contribution is 7.90. The lowest BCUT2D eigenvalue weighted by Gasteiger charge is -2.37. The van der Waals surface area contributed by atoms with Gasteiger partial charge < -0.3 is 15.4 Å². The number of pyridine rings is 1. The first-order valence-corrected chi connectivity index (χ1v) is 15.1. The zero-order valence-electron chi connectivity index (χ0n) is 21.3. The zero-order valence-corrected chi connectivity index (χ0v) is 22.9. The first-order valence-electron chi connectivity index (χ1n) is 13.3. The highest BCUT2D eigenvalue weighted by atomic mass is 35.5. The first kappa shape index (κ1) is 27.5. The molecule has 8 nitrogen and oxygen atoms in total. The average molecular weight is 565 g/mol. The zero-order chi connectivity index (χ0) is 26.8. The molecule has 1 atom stereocenters. The predicted molar refractivity (Wildman–Crippen MR) is 144 cm³/mol. The number of amides is 1. The van der Waals surface area contributed by atoms with Gasteiger partial charge in [-0.05, 0) is 56.2 Å².